The highest BCUT2D eigenvalue weighted by molar-refractivity contribution is 5.64. The molecule has 13 heavy (non-hydrogen) atoms. The molecule has 0 saturated carbocycles. The topological polar surface area (TPSA) is 37.3 Å². The highest BCUT2D eigenvalue weighted by Gasteiger charge is 2.11. The Hall–Kier alpha value is -0.630. The van der Waals surface area contributed by atoms with E-state index >= 15 is 0 Å². The van der Waals surface area contributed by atoms with Gasteiger partial charge in [-0.05, 0) is 24.8 Å². The van der Waals surface area contributed by atoms with E-state index in [1.165, 1.54) is 6.08 Å². The number of carbonyl (C=O) groups excluding carboxylic acids is 1. The van der Waals surface area contributed by atoms with Crippen LogP contribution >= 0.6 is 0 Å². The Bertz CT molecular complexity index is 161. The maximum absolute atomic E-state index is 10.0. The van der Waals surface area contributed by atoms with Crippen molar-refractivity contribution in [3.8, 4) is 0 Å². The van der Waals surface area contributed by atoms with Gasteiger partial charge in [-0.1, -0.05) is 26.8 Å². The average molecular weight is 184 g/mol. The molecule has 0 rings (SSSR count). The summed E-state index contributed by atoms with van der Waals surface area (Å²) >= 11 is 0. The molecule has 0 amide bonds. The Morgan fingerprint density at radius 2 is 1.85 bits per heavy atom. The molecular formula is C11H20O2. The summed E-state index contributed by atoms with van der Waals surface area (Å²) in [5.41, 5.74) is 0. The second-order valence-corrected chi connectivity index (χ2v) is 3.92. The standard InChI is InChI=1S/C11H20O2/c1-9(2)6-7-11(13)10(3)5-4-8-12/h4-5,8-11,13H,6-7H2,1-3H3. The SMILES string of the molecule is CC(C)CCC(O)C(C)C=CC=O. The first-order chi connectivity index (χ1) is 6.07. The normalized spacial score (nSPS) is 16.4. The monoisotopic (exact) mass is 184 g/mol. The van der Waals surface area contributed by atoms with Crippen LogP contribution in [0.5, 0.6) is 0 Å². The summed E-state index contributed by atoms with van der Waals surface area (Å²) in [5, 5.41) is 9.63. The third kappa shape index (κ3) is 6.52. The van der Waals surface area contributed by atoms with Crippen molar-refractivity contribution < 1.29 is 9.90 Å². The summed E-state index contributed by atoms with van der Waals surface area (Å²) in [7, 11) is 0. The molecule has 2 nitrogen and oxygen atoms in total. The molecule has 2 heteroatoms. The van der Waals surface area contributed by atoms with Crippen LogP contribution in [0.3, 0.4) is 0 Å². The largest absolute Gasteiger partial charge is 0.393 e. The predicted octanol–water partition coefficient (Wildman–Crippen LogP) is 2.17. The third-order valence-corrected chi connectivity index (χ3v) is 2.14. The van der Waals surface area contributed by atoms with Gasteiger partial charge in [0.05, 0.1) is 6.10 Å². The van der Waals surface area contributed by atoms with E-state index in [1.54, 1.807) is 6.08 Å². The molecular weight excluding hydrogens is 164 g/mol. The number of carbonyl (C=O) groups is 1. The van der Waals surface area contributed by atoms with Crippen LogP contribution in [0.25, 0.3) is 0 Å². The number of rotatable bonds is 6. The first-order valence-electron chi connectivity index (χ1n) is 4.88. The third-order valence-electron chi connectivity index (χ3n) is 2.14. The maximum Gasteiger partial charge on any atom is 0.142 e. The minimum Gasteiger partial charge on any atom is -0.393 e. The van der Waals surface area contributed by atoms with Crippen LogP contribution in [0, 0.1) is 11.8 Å². The van der Waals surface area contributed by atoms with Crippen molar-refractivity contribution in [2.24, 2.45) is 11.8 Å². The fourth-order valence-electron chi connectivity index (χ4n) is 1.12. The first-order valence-corrected chi connectivity index (χ1v) is 4.88. The smallest absolute Gasteiger partial charge is 0.142 e. The van der Waals surface area contributed by atoms with Crippen LogP contribution in [0.2, 0.25) is 0 Å². The molecule has 0 fully saturated rings. The van der Waals surface area contributed by atoms with Gasteiger partial charge in [-0.2, -0.15) is 0 Å². The molecule has 0 radical (unpaired) electrons. The van der Waals surface area contributed by atoms with Gasteiger partial charge in [0.15, 0.2) is 0 Å². The zero-order valence-corrected chi connectivity index (χ0v) is 8.73. The first kappa shape index (κ1) is 12.4. The van der Waals surface area contributed by atoms with Gasteiger partial charge in [0.25, 0.3) is 0 Å². The number of aliphatic hydroxyl groups is 1. The van der Waals surface area contributed by atoms with E-state index in [0.29, 0.717) is 5.92 Å². The summed E-state index contributed by atoms with van der Waals surface area (Å²) in [6, 6.07) is 0. The molecule has 0 aliphatic carbocycles. The van der Waals surface area contributed by atoms with Gasteiger partial charge in [0.1, 0.15) is 6.29 Å². The molecule has 2 atom stereocenters. The summed E-state index contributed by atoms with van der Waals surface area (Å²) < 4.78 is 0. The summed E-state index contributed by atoms with van der Waals surface area (Å²) in [6.45, 7) is 6.20. The fraction of sp³-hybridized carbons (Fsp3) is 0.727. The lowest BCUT2D eigenvalue weighted by atomic mass is 9.96. The molecule has 2 unspecified atom stereocenters. The van der Waals surface area contributed by atoms with E-state index in [0.717, 1.165) is 19.1 Å². The van der Waals surface area contributed by atoms with Crippen LogP contribution in [0.4, 0.5) is 0 Å². The van der Waals surface area contributed by atoms with Crippen LogP contribution in [-0.4, -0.2) is 17.5 Å². The Balaban J connectivity index is 3.74. The minimum atomic E-state index is -0.321. The van der Waals surface area contributed by atoms with Gasteiger partial charge in [-0.15, -0.1) is 0 Å². The van der Waals surface area contributed by atoms with Crippen molar-refractivity contribution in [2.45, 2.75) is 39.7 Å². The van der Waals surface area contributed by atoms with Crippen LogP contribution < -0.4 is 0 Å². The lowest BCUT2D eigenvalue weighted by molar-refractivity contribution is -0.104. The van der Waals surface area contributed by atoms with Gasteiger partial charge < -0.3 is 5.11 Å². The summed E-state index contributed by atoms with van der Waals surface area (Å²) in [4.78, 5) is 10.0. The Morgan fingerprint density at radius 3 is 2.31 bits per heavy atom. The van der Waals surface area contributed by atoms with Crippen LogP contribution in [0.15, 0.2) is 12.2 Å². The van der Waals surface area contributed by atoms with E-state index in [9.17, 15) is 9.90 Å². The van der Waals surface area contributed by atoms with Crippen molar-refractivity contribution in [1.29, 1.82) is 0 Å². The van der Waals surface area contributed by atoms with Crippen molar-refractivity contribution in [2.75, 3.05) is 0 Å². The summed E-state index contributed by atoms with van der Waals surface area (Å²) in [5.74, 6) is 0.695. The quantitative estimate of drug-likeness (QED) is 0.507. The van der Waals surface area contributed by atoms with Crippen LogP contribution in [-0.2, 0) is 4.79 Å². The van der Waals surface area contributed by atoms with Crippen molar-refractivity contribution >= 4 is 6.29 Å². The summed E-state index contributed by atoms with van der Waals surface area (Å²) in [6.07, 6.45) is 5.45. The van der Waals surface area contributed by atoms with E-state index in [4.69, 9.17) is 0 Å². The average Bonchev–Trinajstić information content (AvgIpc) is 2.10. The number of aldehydes is 1. The zero-order valence-electron chi connectivity index (χ0n) is 8.73. The molecule has 0 aromatic rings. The molecule has 0 saturated heterocycles. The molecule has 0 aromatic carbocycles. The number of allylic oxidation sites excluding steroid dienone is 1. The lowest BCUT2D eigenvalue weighted by Gasteiger charge is -2.16. The Labute approximate surface area is 80.7 Å². The number of hydrogen-bond donors (Lipinski definition) is 1. The Kier molecular flexibility index (Phi) is 6.51. The van der Waals surface area contributed by atoms with Gasteiger partial charge >= 0.3 is 0 Å². The van der Waals surface area contributed by atoms with Crippen LogP contribution in [0.1, 0.15) is 33.6 Å². The zero-order chi connectivity index (χ0) is 10.3. The molecule has 1 N–H and O–H groups in total. The maximum atomic E-state index is 10.0. The second kappa shape index (κ2) is 6.84. The van der Waals surface area contributed by atoms with E-state index in [1.807, 2.05) is 6.92 Å². The Morgan fingerprint density at radius 1 is 1.23 bits per heavy atom. The highest BCUT2D eigenvalue weighted by Crippen LogP contribution is 2.14. The van der Waals surface area contributed by atoms with Gasteiger partial charge in [-0.3, -0.25) is 4.79 Å². The molecule has 76 valence electrons. The number of hydrogen-bond acceptors (Lipinski definition) is 2. The van der Waals surface area contributed by atoms with E-state index in [2.05, 4.69) is 13.8 Å². The van der Waals surface area contributed by atoms with Gasteiger partial charge in [0.2, 0.25) is 0 Å². The van der Waals surface area contributed by atoms with E-state index in [-0.39, 0.29) is 12.0 Å². The van der Waals surface area contributed by atoms with E-state index < -0.39 is 0 Å². The van der Waals surface area contributed by atoms with Crippen molar-refractivity contribution in [1.82, 2.24) is 0 Å². The molecule has 0 aliphatic heterocycles. The highest BCUT2D eigenvalue weighted by atomic mass is 16.3. The lowest BCUT2D eigenvalue weighted by Crippen LogP contribution is -2.16. The molecule has 0 aromatic heterocycles. The number of aliphatic hydroxyl groups excluding tert-OH is 1. The predicted molar refractivity (Wildman–Crippen MR) is 54.4 cm³/mol. The van der Waals surface area contributed by atoms with Crippen molar-refractivity contribution in [3.63, 3.8) is 0 Å². The minimum absolute atomic E-state index is 0.0731. The van der Waals surface area contributed by atoms with Gasteiger partial charge in [-0.25, -0.2) is 0 Å². The second-order valence-electron chi connectivity index (χ2n) is 3.92. The molecule has 0 heterocycles. The fourth-order valence-corrected chi connectivity index (χ4v) is 1.12. The molecule has 0 aliphatic rings. The van der Waals surface area contributed by atoms with Gasteiger partial charge in [0, 0.05) is 5.92 Å². The molecule has 0 spiro atoms. The molecule has 0 bridgehead atoms. The van der Waals surface area contributed by atoms with Crippen molar-refractivity contribution in [3.05, 3.63) is 12.2 Å².